The highest BCUT2D eigenvalue weighted by molar-refractivity contribution is 7.79. The third-order valence-corrected chi connectivity index (χ3v) is 8.97. The summed E-state index contributed by atoms with van der Waals surface area (Å²) in [6.45, 7) is 4.17. The number of ether oxygens (including phenoxy) is 1. The molecule has 0 aliphatic heterocycles. The largest absolute Gasteiger partial charge is 0.768 e. The Morgan fingerprint density at radius 1 is 1.07 bits per heavy atom. The van der Waals surface area contributed by atoms with Crippen LogP contribution in [0.5, 0.6) is 0 Å². The van der Waals surface area contributed by atoms with Gasteiger partial charge in [-0.1, -0.05) is 42.8 Å². The lowest BCUT2D eigenvalue weighted by Gasteiger charge is -2.11. The summed E-state index contributed by atoms with van der Waals surface area (Å²) in [4.78, 5) is 16.7. The Labute approximate surface area is 259 Å². The van der Waals surface area contributed by atoms with Gasteiger partial charge in [0.2, 0.25) is 5.13 Å². The zero-order chi connectivity index (χ0) is 31.0. The molecular formula is C33H28F2N3O4S2-. The number of halogens is 2. The van der Waals surface area contributed by atoms with Crippen molar-refractivity contribution in [2.24, 2.45) is 0 Å². The number of benzene rings is 3. The van der Waals surface area contributed by atoms with Crippen LogP contribution in [0.15, 0.2) is 70.9 Å². The molecule has 7 nitrogen and oxygen atoms in total. The Morgan fingerprint density at radius 3 is 2.50 bits per heavy atom. The Balaban J connectivity index is 1.50. The zero-order valence-corrected chi connectivity index (χ0v) is 25.6. The summed E-state index contributed by atoms with van der Waals surface area (Å²) in [5.74, 6) is -1.57. The monoisotopic (exact) mass is 632 g/mol. The van der Waals surface area contributed by atoms with Crippen LogP contribution < -0.4 is 0 Å². The summed E-state index contributed by atoms with van der Waals surface area (Å²) in [5, 5.41) is 7.10. The van der Waals surface area contributed by atoms with E-state index in [-0.39, 0.29) is 30.5 Å². The smallest absolute Gasteiger partial charge is 0.357 e. The molecule has 0 N–H and O–H groups in total. The predicted octanol–water partition coefficient (Wildman–Crippen LogP) is 7.52. The van der Waals surface area contributed by atoms with Gasteiger partial charge in [0.25, 0.3) is 0 Å². The molecule has 44 heavy (non-hydrogen) atoms. The second kappa shape index (κ2) is 12.5. The fourth-order valence-electron chi connectivity index (χ4n) is 5.14. The van der Waals surface area contributed by atoms with Gasteiger partial charge >= 0.3 is 5.97 Å². The summed E-state index contributed by atoms with van der Waals surface area (Å²) in [6.07, 6.45) is 2.76. The highest BCUT2D eigenvalue weighted by Gasteiger charge is 2.34. The number of aryl methyl sites for hydroxylation is 1. The highest BCUT2D eigenvalue weighted by Crippen LogP contribution is 2.46. The molecule has 2 aromatic heterocycles. The topological polar surface area (TPSA) is 97.1 Å². The molecule has 226 valence electrons. The minimum Gasteiger partial charge on any atom is -0.768 e. The number of hydrogen-bond acceptors (Lipinski definition) is 7. The van der Waals surface area contributed by atoms with E-state index in [1.54, 1.807) is 28.3 Å². The minimum absolute atomic E-state index is 0.154. The number of thiazole rings is 1. The first kappa shape index (κ1) is 30.0. The van der Waals surface area contributed by atoms with Gasteiger partial charge in [-0.3, -0.25) is 4.21 Å². The van der Waals surface area contributed by atoms with Crippen LogP contribution in [0.2, 0.25) is 0 Å². The maximum absolute atomic E-state index is 15.2. The molecule has 0 radical (unpaired) electrons. The molecule has 1 atom stereocenters. The normalized spacial score (nSPS) is 13.7. The summed E-state index contributed by atoms with van der Waals surface area (Å²) in [6, 6.07) is 16.5. The van der Waals surface area contributed by atoms with Crippen molar-refractivity contribution in [2.75, 3.05) is 6.61 Å². The zero-order valence-electron chi connectivity index (χ0n) is 24.0. The van der Waals surface area contributed by atoms with E-state index in [0.29, 0.717) is 33.9 Å². The number of aromatic nitrogens is 3. The lowest BCUT2D eigenvalue weighted by molar-refractivity contribution is 0.0499. The molecule has 1 aliphatic carbocycles. The van der Waals surface area contributed by atoms with Crippen molar-refractivity contribution < 1.29 is 27.1 Å². The number of nitrogens with zero attached hydrogens (tertiary/aromatic N) is 3. The molecular weight excluding hydrogens is 605 g/mol. The van der Waals surface area contributed by atoms with Crippen molar-refractivity contribution in [3.8, 4) is 27.5 Å². The molecule has 3 aromatic carbocycles. The van der Waals surface area contributed by atoms with Gasteiger partial charge in [0.15, 0.2) is 5.69 Å². The van der Waals surface area contributed by atoms with Crippen LogP contribution in [0.4, 0.5) is 8.78 Å². The van der Waals surface area contributed by atoms with Crippen LogP contribution >= 0.6 is 11.3 Å². The molecule has 1 unspecified atom stereocenters. The van der Waals surface area contributed by atoms with Crippen molar-refractivity contribution in [1.29, 1.82) is 0 Å². The Hall–Kier alpha value is -4.06. The SMILES string of the molecule is CCCOC(=O)c1csc(-n2nc(-c3ccc(F)c(-c4ccc(C)cc4)c3)c(Cc3ccc(S(=O)[O-])c(F)c3)c2C2CC2)n1. The molecule has 6 rings (SSSR count). The summed E-state index contributed by atoms with van der Waals surface area (Å²) < 4.78 is 59.7. The number of esters is 1. The van der Waals surface area contributed by atoms with Crippen LogP contribution in [0.3, 0.4) is 0 Å². The van der Waals surface area contributed by atoms with E-state index in [0.717, 1.165) is 35.2 Å². The number of carbonyl (C=O) groups excluding carboxylic acids is 1. The van der Waals surface area contributed by atoms with Crippen molar-refractivity contribution in [3.05, 3.63) is 106 Å². The molecule has 1 aliphatic rings. The second-order valence-electron chi connectivity index (χ2n) is 10.8. The average molecular weight is 633 g/mol. The van der Waals surface area contributed by atoms with Crippen LogP contribution in [0.25, 0.3) is 27.5 Å². The Morgan fingerprint density at radius 2 is 1.82 bits per heavy atom. The van der Waals surface area contributed by atoms with Crippen LogP contribution in [-0.2, 0) is 22.2 Å². The maximum atomic E-state index is 15.2. The first-order valence-electron chi connectivity index (χ1n) is 14.2. The van der Waals surface area contributed by atoms with Gasteiger partial charge in [-0.15, -0.1) is 11.3 Å². The van der Waals surface area contributed by atoms with Gasteiger partial charge < -0.3 is 9.29 Å². The predicted molar refractivity (Wildman–Crippen MR) is 164 cm³/mol. The van der Waals surface area contributed by atoms with Crippen LogP contribution in [0, 0.1) is 18.6 Å². The minimum atomic E-state index is -2.70. The first-order valence-corrected chi connectivity index (χ1v) is 16.2. The maximum Gasteiger partial charge on any atom is 0.357 e. The van der Waals surface area contributed by atoms with Crippen molar-refractivity contribution in [2.45, 2.75) is 50.3 Å². The van der Waals surface area contributed by atoms with E-state index < -0.39 is 27.8 Å². The summed E-state index contributed by atoms with van der Waals surface area (Å²) in [5.41, 5.74) is 5.85. The molecule has 5 aromatic rings. The average Bonchev–Trinajstić information content (AvgIpc) is 3.60. The molecule has 0 saturated heterocycles. The fraction of sp³-hybridized carbons (Fsp3) is 0.242. The standard InChI is InChI=1S/C33H29F2N3O4S2/c1-3-14-42-32(39)28-18-43-33(36-28)38-31(22-9-10-22)25(15-20-6-13-29(44(40)41)27(35)16-20)30(37-38)23-11-12-26(34)24(17-23)21-7-4-19(2)5-8-21/h4-8,11-13,16-18,22H,3,9-10,14-15H2,1-2H3,(H,40,41)/p-1. The quantitative estimate of drug-likeness (QED) is 0.117. The summed E-state index contributed by atoms with van der Waals surface area (Å²) >= 11 is -1.44. The number of rotatable bonds is 10. The van der Waals surface area contributed by atoms with Crippen molar-refractivity contribution >= 4 is 28.4 Å². The second-order valence-corrected chi connectivity index (χ2v) is 12.5. The van der Waals surface area contributed by atoms with Crippen LogP contribution in [-0.4, -0.2) is 36.1 Å². The van der Waals surface area contributed by atoms with Gasteiger partial charge in [-0.25, -0.2) is 23.2 Å². The molecule has 11 heteroatoms. The lowest BCUT2D eigenvalue weighted by atomic mass is 9.95. The van der Waals surface area contributed by atoms with Gasteiger partial charge in [0, 0.05) is 34.4 Å². The Bertz CT molecular complexity index is 1880. The van der Waals surface area contributed by atoms with Gasteiger partial charge in [-0.2, -0.15) is 5.10 Å². The molecule has 1 saturated carbocycles. The molecule has 0 spiro atoms. The number of hydrogen-bond donors (Lipinski definition) is 0. The van der Waals surface area contributed by atoms with E-state index >= 15 is 4.39 Å². The Kier molecular flexibility index (Phi) is 8.53. The third kappa shape index (κ3) is 6.12. The van der Waals surface area contributed by atoms with Gasteiger partial charge in [0.1, 0.15) is 11.6 Å². The molecule has 0 bridgehead atoms. The van der Waals surface area contributed by atoms with Gasteiger partial charge in [0.05, 0.1) is 22.9 Å². The van der Waals surface area contributed by atoms with E-state index in [4.69, 9.17) is 9.84 Å². The van der Waals surface area contributed by atoms with Gasteiger partial charge in [-0.05, 0) is 78.7 Å². The van der Waals surface area contributed by atoms with Crippen molar-refractivity contribution in [3.63, 3.8) is 0 Å². The lowest BCUT2D eigenvalue weighted by Crippen LogP contribution is -2.08. The van der Waals surface area contributed by atoms with Crippen molar-refractivity contribution in [1.82, 2.24) is 14.8 Å². The fourth-order valence-corrected chi connectivity index (χ4v) is 6.29. The summed E-state index contributed by atoms with van der Waals surface area (Å²) in [7, 11) is 0. The van der Waals surface area contributed by atoms with E-state index in [1.807, 2.05) is 38.1 Å². The van der Waals surface area contributed by atoms with Crippen LogP contribution in [0.1, 0.15) is 65.0 Å². The van der Waals surface area contributed by atoms with E-state index in [2.05, 4.69) is 4.98 Å². The van der Waals surface area contributed by atoms with E-state index in [1.165, 1.54) is 29.5 Å². The first-order chi connectivity index (χ1) is 21.2. The molecule has 0 amide bonds. The highest BCUT2D eigenvalue weighted by atomic mass is 32.2. The number of carbonyl (C=O) groups is 1. The van der Waals surface area contributed by atoms with E-state index in [9.17, 15) is 17.9 Å². The molecule has 2 heterocycles. The molecule has 1 fully saturated rings. The third-order valence-electron chi connectivity index (χ3n) is 7.47.